The Bertz CT molecular complexity index is 714. The Morgan fingerprint density at radius 2 is 2.14 bits per heavy atom. The van der Waals surface area contributed by atoms with Crippen molar-refractivity contribution in [3.8, 4) is 0 Å². The molecule has 0 bridgehead atoms. The van der Waals surface area contributed by atoms with Gasteiger partial charge in [0.15, 0.2) is 0 Å². The van der Waals surface area contributed by atoms with E-state index in [4.69, 9.17) is 0 Å². The highest BCUT2D eigenvalue weighted by Gasteiger charge is 2.13. The van der Waals surface area contributed by atoms with Crippen LogP contribution in [0.25, 0.3) is 11.0 Å². The quantitative estimate of drug-likeness (QED) is 0.743. The summed E-state index contributed by atoms with van der Waals surface area (Å²) in [5.74, 6) is 0. The van der Waals surface area contributed by atoms with Crippen LogP contribution in [0, 0.1) is 0 Å². The molecule has 6 nitrogen and oxygen atoms in total. The zero-order valence-electron chi connectivity index (χ0n) is 12.4. The largest absolute Gasteiger partial charge is 0.329 e. The van der Waals surface area contributed by atoms with E-state index in [1.165, 1.54) is 5.52 Å². The highest BCUT2D eigenvalue weighted by molar-refractivity contribution is 5.74. The van der Waals surface area contributed by atoms with Crippen molar-refractivity contribution in [2.24, 2.45) is 7.05 Å². The minimum Gasteiger partial charge on any atom is -0.329 e. The normalized spacial score (nSPS) is 12.9. The standard InChI is InChI=1S/C15H20N6/c1-3-16-12(8-13-9-20(2)19-18-13)10-21-11-17-14-6-4-5-7-15(14)21/h4-7,9,11-12,16H,3,8,10H2,1-2H3. The Kier molecular flexibility index (Phi) is 3.96. The van der Waals surface area contributed by atoms with Gasteiger partial charge >= 0.3 is 0 Å². The number of fused-ring (bicyclic) bond motifs is 1. The van der Waals surface area contributed by atoms with Crippen LogP contribution < -0.4 is 5.32 Å². The van der Waals surface area contributed by atoms with Crippen LogP contribution in [0.15, 0.2) is 36.8 Å². The van der Waals surface area contributed by atoms with E-state index in [9.17, 15) is 0 Å². The van der Waals surface area contributed by atoms with Gasteiger partial charge in [-0.05, 0) is 18.7 Å². The number of aryl methyl sites for hydroxylation is 1. The lowest BCUT2D eigenvalue weighted by Crippen LogP contribution is -2.35. The Morgan fingerprint density at radius 1 is 1.29 bits per heavy atom. The van der Waals surface area contributed by atoms with E-state index in [1.54, 1.807) is 4.68 Å². The summed E-state index contributed by atoms with van der Waals surface area (Å²) in [6, 6.07) is 8.51. The van der Waals surface area contributed by atoms with Gasteiger partial charge in [-0.1, -0.05) is 24.3 Å². The molecule has 3 rings (SSSR count). The molecule has 1 aromatic carbocycles. The molecule has 0 aliphatic heterocycles. The number of rotatable bonds is 6. The van der Waals surface area contributed by atoms with Gasteiger partial charge in [-0.15, -0.1) is 5.10 Å². The van der Waals surface area contributed by atoms with Gasteiger partial charge in [-0.3, -0.25) is 4.68 Å². The van der Waals surface area contributed by atoms with Crippen LogP contribution in [0.3, 0.4) is 0 Å². The fourth-order valence-corrected chi connectivity index (χ4v) is 2.62. The fraction of sp³-hybridized carbons (Fsp3) is 0.400. The number of hydrogen-bond donors (Lipinski definition) is 1. The lowest BCUT2D eigenvalue weighted by Gasteiger charge is -2.17. The van der Waals surface area contributed by atoms with Gasteiger partial charge in [0.1, 0.15) is 0 Å². The molecule has 2 aromatic heterocycles. The van der Waals surface area contributed by atoms with Crippen LogP contribution in [-0.2, 0) is 20.0 Å². The lowest BCUT2D eigenvalue weighted by molar-refractivity contribution is 0.457. The van der Waals surface area contributed by atoms with Crippen molar-refractivity contribution in [2.75, 3.05) is 6.54 Å². The monoisotopic (exact) mass is 284 g/mol. The van der Waals surface area contributed by atoms with E-state index in [2.05, 4.69) is 38.2 Å². The first-order valence-electron chi connectivity index (χ1n) is 7.24. The predicted molar refractivity (Wildman–Crippen MR) is 81.9 cm³/mol. The summed E-state index contributed by atoms with van der Waals surface area (Å²) in [4.78, 5) is 4.45. The van der Waals surface area contributed by atoms with Gasteiger partial charge in [0.05, 0.1) is 23.1 Å². The van der Waals surface area contributed by atoms with Gasteiger partial charge in [0.25, 0.3) is 0 Å². The summed E-state index contributed by atoms with van der Waals surface area (Å²) in [7, 11) is 1.89. The molecule has 0 aliphatic rings. The van der Waals surface area contributed by atoms with Gasteiger partial charge in [-0.2, -0.15) is 0 Å². The van der Waals surface area contributed by atoms with Crippen molar-refractivity contribution >= 4 is 11.0 Å². The molecular weight excluding hydrogens is 264 g/mol. The number of imidazole rings is 1. The molecule has 110 valence electrons. The number of nitrogens with zero attached hydrogens (tertiary/aromatic N) is 5. The number of hydrogen-bond acceptors (Lipinski definition) is 4. The van der Waals surface area contributed by atoms with E-state index in [0.717, 1.165) is 30.7 Å². The summed E-state index contributed by atoms with van der Waals surface area (Å²) >= 11 is 0. The molecule has 3 aromatic rings. The van der Waals surface area contributed by atoms with Crippen molar-refractivity contribution in [2.45, 2.75) is 25.9 Å². The minimum absolute atomic E-state index is 0.310. The summed E-state index contributed by atoms with van der Waals surface area (Å²) in [5.41, 5.74) is 3.21. The first-order chi connectivity index (χ1) is 10.3. The topological polar surface area (TPSA) is 60.6 Å². The summed E-state index contributed by atoms with van der Waals surface area (Å²) < 4.78 is 3.93. The van der Waals surface area contributed by atoms with E-state index in [0.29, 0.717) is 6.04 Å². The molecule has 0 spiro atoms. The maximum Gasteiger partial charge on any atom is 0.0958 e. The Hall–Kier alpha value is -2.21. The van der Waals surface area contributed by atoms with Crippen LogP contribution in [0.5, 0.6) is 0 Å². The van der Waals surface area contributed by atoms with Gasteiger partial charge in [0.2, 0.25) is 0 Å². The average Bonchev–Trinajstić information content (AvgIpc) is 3.06. The molecule has 1 unspecified atom stereocenters. The van der Waals surface area contributed by atoms with Crippen molar-refractivity contribution in [3.63, 3.8) is 0 Å². The molecule has 0 saturated carbocycles. The highest BCUT2D eigenvalue weighted by atomic mass is 15.4. The van der Waals surface area contributed by atoms with Crippen molar-refractivity contribution in [1.82, 2.24) is 29.9 Å². The number of nitrogens with one attached hydrogen (secondary N) is 1. The second-order valence-electron chi connectivity index (χ2n) is 5.23. The molecule has 0 fully saturated rings. The van der Waals surface area contributed by atoms with Gasteiger partial charge in [-0.25, -0.2) is 4.98 Å². The van der Waals surface area contributed by atoms with Crippen molar-refractivity contribution in [3.05, 3.63) is 42.5 Å². The lowest BCUT2D eigenvalue weighted by atomic mass is 10.1. The third-order valence-corrected chi connectivity index (χ3v) is 3.54. The summed E-state index contributed by atoms with van der Waals surface area (Å²) in [5, 5.41) is 11.7. The third kappa shape index (κ3) is 3.11. The van der Waals surface area contributed by atoms with Crippen LogP contribution in [0.4, 0.5) is 0 Å². The highest BCUT2D eigenvalue weighted by Crippen LogP contribution is 2.13. The number of para-hydroxylation sites is 2. The molecule has 2 heterocycles. The molecule has 0 saturated heterocycles. The molecule has 1 atom stereocenters. The molecule has 6 heteroatoms. The summed E-state index contributed by atoms with van der Waals surface area (Å²) in [6.07, 6.45) is 4.73. The average molecular weight is 284 g/mol. The van der Waals surface area contributed by atoms with E-state index >= 15 is 0 Å². The summed E-state index contributed by atoms with van der Waals surface area (Å²) in [6.45, 7) is 3.91. The molecule has 0 aliphatic carbocycles. The Morgan fingerprint density at radius 3 is 2.90 bits per heavy atom. The van der Waals surface area contributed by atoms with E-state index < -0.39 is 0 Å². The zero-order valence-corrected chi connectivity index (χ0v) is 12.4. The Balaban J connectivity index is 1.78. The fourth-order valence-electron chi connectivity index (χ4n) is 2.62. The van der Waals surface area contributed by atoms with Gasteiger partial charge < -0.3 is 9.88 Å². The zero-order chi connectivity index (χ0) is 14.7. The van der Waals surface area contributed by atoms with Crippen LogP contribution in [0.1, 0.15) is 12.6 Å². The predicted octanol–water partition coefficient (Wildman–Crippen LogP) is 1.39. The van der Waals surface area contributed by atoms with E-state index in [1.807, 2.05) is 37.8 Å². The van der Waals surface area contributed by atoms with Crippen LogP contribution in [-0.4, -0.2) is 37.1 Å². The number of aromatic nitrogens is 5. The minimum atomic E-state index is 0.310. The van der Waals surface area contributed by atoms with Crippen molar-refractivity contribution in [1.29, 1.82) is 0 Å². The molecular formula is C15H20N6. The second kappa shape index (κ2) is 6.05. The maximum atomic E-state index is 4.45. The first kappa shape index (κ1) is 13.8. The third-order valence-electron chi connectivity index (χ3n) is 3.54. The SMILES string of the molecule is CCNC(Cc1cn(C)nn1)Cn1cnc2ccccc21. The van der Waals surface area contributed by atoms with E-state index in [-0.39, 0.29) is 0 Å². The van der Waals surface area contributed by atoms with Crippen LogP contribution in [0.2, 0.25) is 0 Å². The Labute approximate surface area is 123 Å². The van der Waals surface area contributed by atoms with Crippen LogP contribution >= 0.6 is 0 Å². The first-order valence-corrected chi connectivity index (χ1v) is 7.24. The molecule has 0 radical (unpaired) electrons. The molecule has 21 heavy (non-hydrogen) atoms. The number of benzene rings is 1. The number of likely N-dealkylation sites (N-methyl/N-ethyl adjacent to an activating group) is 1. The van der Waals surface area contributed by atoms with Crippen molar-refractivity contribution < 1.29 is 0 Å². The second-order valence-corrected chi connectivity index (χ2v) is 5.23. The molecule has 1 N–H and O–H groups in total. The van der Waals surface area contributed by atoms with Gasteiger partial charge in [0, 0.05) is 32.3 Å². The maximum absolute atomic E-state index is 4.45. The smallest absolute Gasteiger partial charge is 0.0958 e. The molecule has 0 amide bonds.